The third kappa shape index (κ3) is 5.88. The predicted octanol–water partition coefficient (Wildman–Crippen LogP) is 0.390. The summed E-state index contributed by atoms with van der Waals surface area (Å²) in [5, 5.41) is 2.20. The van der Waals surface area contributed by atoms with Crippen LogP contribution in [0.25, 0.3) is 0 Å². The molecular formula is C12H24N2O4S. The van der Waals surface area contributed by atoms with E-state index in [2.05, 4.69) is 10.0 Å². The maximum atomic E-state index is 11.7. The molecule has 1 aliphatic rings. The Balaban J connectivity index is 2.32. The van der Waals surface area contributed by atoms with Crippen LogP contribution in [0.2, 0.25) is 0 Å². The van der Waals surface area contributed by atoms with Crippen LogP contribution in [0, 0.1) is 0 Å². The van der Waals surface area contributed by atoms with Crippen molar-refractivity contribution in [1.82, 2.24) is 10.0 Å². The molecule has 7 heteroatoms. The number of amides is 1. The van der Waals surface area contributed by atoms with Gasteiger partial charge in [0.1, 0.15) is 0 Å². The van der Waals surface area contributed by atoms with Gasteiger partial charge in [0.2, 0.25) is 15.9 Å². The highest BCUT2D eigenvalue weighted by Gasteiger charge is 2.22. The molecule has 0 aromatic rings. The molecule has 6 nitrogen and oxygen atoms in total. The molecule has 0 radical (unpaired) electrons. The van der Waals surface area contributed by atoms with E-state index >= 15 is 0 Å². The van der Waals surface area contributed by atoms with Gasteiger partial charge >= 0.3 is 0 Å². The minimum atomic E-state index is -3.49. The first-order valence-corrected chi connectivity index (χ1v) is 8.27. The Labute approximate surface area is 115 Å². The maximum Gasteiger partial charge on any atom is 0.235 e. The summed E-state index contributed by atoms with van der Waals surface area (Å²) in [5.41, 5.74) is 0. The lowest BCUT2D eigenvalue weighted by Crippen LogP contribution is -2.45. The van der Waals surface area contributed by atoms with Gasteiger partial charge in [-0.1, -0.05) is 19.3 Å². The number of methoxy groups -OCH3 is 1. The van der Waals surface area contributed by atoms with Crippen LogP contribution in [-0.4, -0.2) is 45.9 Å². The first-order valence-electron chi connectivity index (χ1n) is 6.72. The Morgan fingerprint density at radius 3 is 2.53 bits per heavy atom. The zero-order chi connectivity index (χ0) is 14.3. The molecule has 0 aliphatic heterocycles. The van der Waals surface area contributed by atoms with Crippen LogP contribution >= 0.6 is 0 Å². The van der Waals surface area contributed by atoms with Crippen molar-refractivity contribution in [2.75, 3.05) is 20.3 Å². The maximum absolute atomic E-state index is 11.7. The van der Waals surface area contributed by atoms with Gasteiger partial charge in [-0.15, -0.1) is 0 Å². The number of rotatable bonds is 7. The van der Waals surface area contributed by atoms with Gasteiger partial charge in [0, 0.05) is 13.2 Å². The number of nitrogens with one attached hydrogen (secondary N) is 2. The smallest absolute Gasteiger partial charge is 0.235 e. The number of hydrogen-bond donors (Lipinski definition) is 2. The monoisotopic (exact) mass is 292 g/mol. The quantitative estimate of drug-likeness (QED) is 0.711. The first kappa shape index (κ1) is 16.4. The Hall–Kier alpha value is -0.660. The van der Waals surface area contributed by atoms with Crippen molar-refractivity contribution >= 4 is 15.9 Å². The van der Waals surface area contributed by atoms with E-state index in [1.807, 2.05) is 0 Å². The fourth-order valence-electron chi connectivity index (χ4n) is 2.16. The number of ether oxygens (including phenoxy) is 1. The SMILES string of the molecule is COC[C@H](C)S(=O)(=O)NCC(=O)NC1CCCCC1. The van der Waals surface area contributed by atoms with E-state index < -0.39 is 15.3 Å². The van der Waals surface area contributed by atoms with Gasteiger partial charge in [-0.25, -0.2) is 13.1 Å². The van der Waals surface area contributed by atoms with Gasteiger partial charge in [0.25, 0.3) is 0 Å². The van der Waals surface area contributed by atoms with Crippen LogP contribution in [0.3, 0.4) is 0 Å². The van der Waals surface area contributed by atoms with Gasteiger partial charge in [-0.2, -0.15) is 0 Å². The molecule has 1 fully saturated rings. The summed E-state index contributed by atoms with van der Waals surface area (Å²) in [6.07, 6.45) is 5.44. The van der Waals surface area contributed by atoms with Crippen molar-refractivity contribution in [3.63, 3.8) is 0 Å². The number of carbonyl (C=O) groups is 1. The second kappa shape index (κ2) is 7.81. The Morgan fingerprint density at radius 2 is 1.95 bits per heavy atom. The van der Waals surface area contributed by atoms with Crippen LogP contribution in [0.5, 0.6) is 0 Å². The molecular weight excluding hydrogens is 268 g/mol. The molecule has 0 saturated heterocycles. The Kier molecular flexibility index (Phi) is 6.74. The van der Waals surface area contributed by atoms with Gasteiger partial charge in [0.15, 0.2) is 0 Å². The van der Waals surface area contributed by atoms with Gasteiger partial charge in [-0.05, 0) is 19.8 Å². The lowest BCUT2D eigenvalue weighted by Gasteiger charge is -2.23. The van der Waals surface area contributed by atoms with Crippen molar-refractivity contribution in [3.05, 3.63) is 0 Å². The van der Waals surface area contributed by atoms with Crippen molar-refractivity contribution in [1.29, 1.82) is 0 Å². The lowest BCUT2D eigenvalue weighted by atomic mass is 9.95. The van der Waals surface area contributed by atoms with E-state index in [1.54, 1.807) is 6.92 Å². The van der Waals surface area contributed by atoms with Crippen LogP contribution in [-0.2, 0) is 19.6 Å². The van der Waals surface area contributed by atoms with Crippen LogP contribution in [0.15, 0.2) is 0 Å². The van der Waals surface area contributed by atoms with Gasteiger partial charge in [-0.3, -0.25) is 4.79 Å². The largest absolute Gasteiger partial charge is 0.383 e. The Morgan fingerprint density at radius 1 is 1.32 bits per heavy atom. The topological polar surface area (TPSA) is 84.5 Å². The minimum Gasteiger partial charge on any atom is -0.383 e. The summed E-state index contributed by atoms with van der Waals surface area (Å²) in [6.45, 7) is 1.46. The molecule has 0 unspecified atom stereocenters. The molecule has 2 N–H and O–H groups in total. The van der Waals surface area contributed by atoms with Crippen LogP contribution in [0.1, 0.15) is 39.0 Å². The second-order valence-electron chi connectivity index (χ2n) is 5.03. The first-order chi connectivity index (χ1) is 8.95. The van der Waals surface area contributed by atoms with Crippen molar-refractivity contribution in [2.24, 2.45) is 0 Å². The Bertz CT molecular complexity index is 377. The van der Waals surface area contributed by atoms with E-state index in [0.29, 0.717) is 0 Å². The molecule has 0 spiro atoms. The fraction of sp³-hybridized carbons (Fsp3) is 0.917. The molecule has 0 aromatic heterocycles. The van der Waals surface area contributed by atoms with Crippen molar-refractivity contribution in [3.8, 4) is 0 Å². The van der Waals surface area contributed by atoms with Crippen molar-refractivity contribution < 1.29 is 17.9 Å². The van der Waals surface area contributed by atoms with E-state index in [9.17, 15) is 13.2 Å². The molecule has 0 heterocycles. The number of carbonyl (C=O) groups excluding carboxylic acids is 1. The number of hydrogen-bond acceptors (Lipinski definition) is 4. The third-order valence-corrected chi connectivity index (χ3v) is 5.08. The standard InChI is InChI=1S/C12H24N2O4S/c1-10(9-18-2)19(16,17)13-8-12(15)14-11-6-4-3-5-7-11/h10-11,13H,3-9H2,1-2H3,(H,14,15)/t10-/m0/s1. The van der Waals surface area contributed by atoms with Crippen molar-refractivity contribution in [2.45, 2.75) is 50.3 Å². The highest BCUT2D eigenvalue weighted by Crippen LogP contribution is 2.17. The van der Waals surface area contributed by atoms with Crippen LogP contribution < -0.4 is 10.0 Å². The van der Waals surface area contributed by atoms with E-state index in [0.717, 1.165) is 25.7 Å². The molecule has 112 valence electrons. The molecule has 0 bridgehead atoms. The molecule has 1 amide bonds. The molecule has 19 heavy (non-hydrogen) atoms. The van der Waals surface area contributed by atoms with Gasteiger partial charge in [0.05, 0.1) is 18.4 Å². The van der Waals surface area contributed by atoms with E-state index in [-0.39, 0.29) is 25.1 Å². The predicted molar refractivity (Wildman–Crippen MR) is 73.3 cm³/mol. The van der Waals surface area contributed by atoms with Gasteiger partial charge < -0.3 is 10.1 Å². The lowest BCUT2D eigenvalue weighted by molar-refractivity contribution is -0.120. The summed E-state index contributed by atoms with van der Waals surface area (Å²) in [7, 11) is -2.05. The minimum absolute atomic E-state index is 0.111. The molecule has 1 aliphatic carbocycles. The number of sulfonamides is 1. The zero-order valence-corrected chi connectivity index (χ0v) is 12.5. The van der Waals surface area contributed by atoms with E-state index in [1.165, 1.54) is 13.5 Å². The molecule has 1 rings (SSSR count). The summed E-state index contributed by atoms with van der Waals surface area (Å²) >= 11 is 0. The normalized spacial score (nSPS) is 19.1. The highest BCUT2D eigenvalue weighted by atomic mass is 32.2. The van der Waals surface area contributed by atoms with Crippen LogP contribution in [0.4, 0.5) is 0 Å². The average Bonchev–Trinajstić information content (AvgIpc) is 2.38. The zero-order valence-electron chi connectivity index (χ0n) is 11.6. The summed E-state index contributed by atoms with van der Waals surface area (Å²) < 4.78 is 30.6. The summed E-state index contributed by atoms with van der Waals surface area (Å²) in [4.78, 5) is 11.7. The second-order valence-corrected chi connectivity index (χ2v) is 7.22. The third-order valence-electron chi connectivity index (χ3n) is 3.34. The fourth-order valence-corrected chi connectivity index (χ4v) is 3.09. The van der Waals surface area contributed by atoms with E-state index in [4.69, 9.17) is 4.74 Å². The molecule has 1 saturated carbocycles. The summed E-state index contributed by atoms with van der Waals surface area (Å²) in [6, 6.07) is 0.196. The summed E-state index contributed by atoms with van der Waals surface area (Å²) in [5.74, 6) is -0.264. The molecule has 1 atom stereocenters. The average molecular weight is 292 g/mol. The molecule has 0 aromatic carbocycles. The highest BCUT2D eigenvalue weighted by molar-refractivity contribution is 7.90.